The molecule has 1 saturated heterocycles. The van der Waals surface area contributed by atoms with E-state index in [1.807, 2.05) is 6.92 Å². The maximum atomic E-state index is 12.4. The highest BCUT2D eigenvalue weighted by atomic mass is 32.2. The number of hydrogen-bond acceptors (Lipinski definition) is 7. The number of carbonyl (C=O) groups excluding carboxylic acids is 1. The molecule has 0 atom stereocenters. The second-order valence-electron chi connectivity index (χ2n) is 5.59. The largest absolute Gasteiger partial charge is 0.365 e. The molecule has 0 aliphatic carbocycles. The number of pyridine rings is 1. The van der Waals surface area contributed by atoms with E-state index in [2.05, 4.69) is 15.3 Å². The van der Waals surface area contributed by atoms with Crippen LogP contribution in [-0.4, -0.2) is 53.8 Å². The molecular formula is C15H18N4O3S2. The van der Waals surface area contributed by atoms with Crippen molar-refractivity contribution in [3.8, 4) is 0 Å². The Morgan fingerprint density at radius 2 is 2.04 bits per heavy atom. The number of amides is 1. The highest BCUT2D eigenvalue weighted by molar-refractivity contribution is 7.91. The Morgan fingerprint density at radius 3 is 2.62 bits per heavy atom. The van der Waals surface area contributed by atoms with Gasteiger partial charge in [0.05, 0.1) is 34.8 Å². The first kappa shape index (κ1) is 16.8. The Hall–Kier alpha value is -2.00. The number of thiazole rings is 1. The monoisotopic (exact) mass is 366 g/mol. The van der Waals surface area contributed by atoms with Gasteiger partial charge in [0.15, 0.2) is 9.84 Å². The smallest absolute Gasteiger partial charge is 0.255 e. The second-order valence-corrected chi connectivity index (χ2v) is 8.83. The lowest BCUT2D eigenvalue weighted by molar-refractivity contribution is 0.0770. The van der Waals surface area contributed by atoms with Crippen LogP contribution in [0.1, 0.15) is 20.9 Å². The average molecular weight is 366 g/mol. The van der Waals surface area contributed by atoms with E-state index >= 15 is 0 Å². The standard InChI is InChI=1S/C15H18N4O3S2/c1-11-13(23-10-18-11)9-17-14-3-2-12(8-16-14)15(20)19-4-6-24(21,22)7-5-19/h2-3,8,10H,4-7,9H2,1H3,(H,16,17). The topological polar surface area (TPSA) is 92.3 Å². The summed E-state index contributed by atoms with van der Waals surface area (Å²) in [5, 5.41) is 3.20. The molecule has 2 aromatic heterocycles. The van der Waals surface area contributed by atoms with Gasteiger partial charge < -0.3 is 10.2 Å². The first-order chi connectivity index (χ1) is 11.4. The normalized spacial score (nSPS) is 16.8. The second kappa shape index (κ2) is 6.86. The van der Waals surface area contributed by atoms with Crippen LogP contribution in [0.4, 0.5) is 5.82 Å². The molecule has 1 aliphatic rings. The van der Waals surface area contributed by atoms with E-state index < -0.39 is 9.84 Å². The fourth-order valence-electron chi connectivity index (χ4n) is 2.39. The van der Waals surface area contributed by atoms with Gasteiger partial charge in [0.2, 0.25) is 0 Å². The molecule has 0 unspecified atom stereocenters. The van der Waals surface area contributed by atoms with Crippen LogP contribution >= 0.6 is 11.3 Å². The number of anilines is 1. The Morgan fingerprint density at radius 1 is 1.29 bits per heavy atom. The molecule has 0 aromatic carbocycles. The molecule has 1 aliphatic heterocycles. The zero-order valence-electron chi connectivity index (χ0n) is 13.2. The molecule has 0 bridgehead atoms. The minimum Gasteiger partial charge on any atom is -0.365 e. The predicted octanol–water partition coefficient (Wildman–Crippen LogP) is 1.33. The van der Waals surface area contributed by atoms with Crippen molar-refractivity contribution in [3.05, 3.63) is 40.0 Å². The molecule has 24 heavy (non-hydrogen) atoms. The summed E-state index contributed by atoms with van der Waals surface area (Å²) in [6.07, 6.45) is 1.52. The van der Waals surface area contributed by atoms with Crippen molar-refractivity contribution < 1.29 is 13.2 Å². The van der Waals surface area contributed by atoms with E-state index in [4.69, 9.17) is 0 Å². The third-order valence-corrected chi connectivity index (χ3v) is 6.46. The van der Waals surface area contributed by atoms with E-state index in [0.717, 1.165) is 10.6 Å². The zero-order valence-corrected chi connectivity index (χ0v) is 14.9. The number of carbonyl (C=O) groups is 1. The van der Waals surface area contributed by atoms with Crippen molar-refractivity contribution in [3.63, 3.8) is 0 Å². The van der Waals surface area contributed by atoms with E-state index in [1.165, 1.54) is 6.20 Å². The van der Waals surface area contributed by atoms with Gasteiger partial charge in [0.1, 0.15) is 5.82 Å². The molecule has 0 spiro atoms. The summed E-state index contributed by atoms with van der Waals surface area (Å²) in [5.41, 5.74) is 3.27. The molecular weight excluding hydrogens is 348 g/mol. The Kier molecular flexibility index (Phi) is 4.81. The van der Waals surface area contributed by atoms with E-state index in [1.54, 1.807) is 33.9 Å². The van der Waals surface area contributed by atoms with E-state index in [0.29, 0.717) is 17.9 Å². The lowest BCUT2D eigenvalue weighted by Gasteiger charge is -2.26. The fraction of sp³-hybridized carbons (Fsp3) is 0.400. The molecule has 1 N–H and O–H groups in total. The fourth-order valence-corrected chi connectivity index (χ4v) is 4.31. The Bertz CT molecular complexity index is 817. The number of rotatable bonds is 4. The first-order valence-corrected chi connectivity index (χ1v) is 10.2. The minimum absolute atomic E-state index is 0.0278. The summed E-state index contributed by atoms with van der Waals surface area (Å²) in [5.74, 6) is 0.558. The molecule has 0 radical (unpaired) electrons. The van der Waals surface area contributed by atoms with Crippen LogP contribution in [0.25, 0.3) is 0 Å². The third-order valence-electron chi connectivity index (χ3n) is 3.92. The van der Waals surface area contributed by atoms with Gasteiger partial charge in [-0.15, -0.1) is 11.3 Å². The van der Waals surface area contributed by atoms with Gasteiger partial charge in [-0.3, -0.25) is 4.79 Å². The summed E-state index contributed by atoms with van der Waals surface area (Å²) in [4.78, 5) is 23.5. The molecule has 2 aromatic rings. The van der Waals surface area contributed by atoms with Crippen LogP contribution in [0.15, 0.2) is 23.8 Å². The molecule has 3 heterocycles. The van der Waals surface area contributed by atoms with Crippen LogP contribution in [0.3, 0.4) is 0 Å². The number of hydrogen-bond donors (Lipinski definition) is 1. The average Bonchev–Trinajstić information content (AvgIpc) is 2.98. The van der Waals surface area contributed by atoms with Crippen LogP contribution in [0, 0.1) is 6.92 Å². The minimum atomic E-state index is -2.99. The van der Waals surface area contributed by atoms with Gasteiger partial charge >= 0.3 is 0 Å². The van der Waals surface area contributed by atoms with Crippen LogP contribution in [0.5, 0.6) is 0 Å². The molecule has 128 valence electrons. The number of nitrogens with one attached hydrogen (secondary N) is 1. The number of sulfone groups is 1. The Balaban J connectivity index is 1.60. The number of nitrogens with zero attached hydrogens (tertiary/aromatic N) is 3. The van der Waals surface area contributed by atoms with Crippen LogP contribution in [0.2, 0.25) is 0 Å². The highest BCUT2D eigenvalue weighted by Crippen LogP contribution is 2.15. The van der Waals surface area contributed by atoms with Gasteiger partial charge in [0, 0.05) is 24.2 Å². The van der Waals surface area contributed by atoms with Gasteiger partial charge in [-0.05, 0) is 19.1 Å². The first-order valence-electron chi connectivity index (χ1n) is 7.53. The van der Waals surface area contributed by atoms with Crippen LogP contribution < -0.4 is 5.32 Å². The molecule has 1 fully saturated rings. The zero-order chi connectivity index (χ0) is 17.2. The Labute approximate surface area is 144 Å². The van der Waals surface area contributed by atoms with Gasteiger partial charge in [-0.25, -0.2) is 18.4 Å². The maximum Gasteiger partial charge on any atom is 0.255 e. The van der Waals surface area contributed by atoms with Crippen molar-refractivity contribution in [1.82, 2.24) is 14.9 Å². The van der Waals surface area contributed by atoms with E-state index in [9.17, 15) is 13.2 Å². The number of aryl methyl sites for hydroxylation is 1. The highest BCUT2D eigenvalue weighted by Gasteiger charge is 2.25. The van der Waals surface area contributed by atoms with E-state index in [-0.39, 0.29) is 30.5 Å². The number of aromatic nitrogens is 2. The van der Waals surface area contributed by atoms with Gasteiger partial charge in [-0.2, -0.15) is 0 Å². The maximum absolute atomic E-state index is 12.4. The SMILES string of the molecule is Cc1ncsc1CNc1ccc(C(=O)N2CCS(=O)(=O)CC2)cn1. The van der Waals surface area contributed by atoms with Crippen molar-refractivity contribution in [1.29, 1.82) is 0 Å². The summed E-state index contributed by atoms with van der Waals surface area (Å²) < 4.78 is 22.9. The summed E-state index contributed by atoms with van der Waals surface area (Å²) in [6, 6.07) is 3.46. The van der Waals surface area contributed by atoms with Crippen molar-refractivity contribution in [2.45, 2.75) is 13.5 Å². The summed E-state index contributed by atoms with van der Waals surface area (Å²) >= 11 is 1.58. The molecule has 0 saturated carbocycles. The molecule has 3 rings (SSSR count). The lowest BCUT2D eigenvalue weighted by atomic mass is 10.2. The van der Waals surface area contributed by atoms with Crippen LogP contribution in [-0.2, 0) is 16.4 Å². The third kappa shape index (κ3) is 3.90. The van der Waals surface area contributed by atoms with Crippen molar-refractivity contribution >= 4 is 32.9 Å². The lowest BCUT2D eigenvalue weighted by Crippen LogP contribution is -2.43. The van der Waals surface area contributed by atoms with Gasteiger partial charge in [0.25, 0.3) is 5.91 Å². The summed E-state index contributed by atoms with van der Waals surface area (Å²) in [6.45, 7) is 3.08. The van der Waals surface area contributed by atoms with Crippen molar-refractivity contribution in [2.75, 3.05) is 29.9 Å². The quantitative estimate of drug-likeness (QED) is 0.878. The molecule has 7 nitrogen and oxygen atoms in total. The van der Waals surface area contributed by atoms with Crippen molar-refractivity contribution in [2.24, 2.45) is 0 Å². The summed E-state index contributed by atoms with van der Waals surface area (Å²) in [7, 11) is -2.99. The predicted molar refractivity (Wildman–Crippen MR) is 93.0 cm³/mol. The molecule has 9 heteroatoms. The van der Waals surface area contributed by atoms with Gasteiger partial charge in [-0.1, -0.05) is 0 Å². The molecule has 1 amide bonds.